The first-order valence-electron chi connectivity index (χ1n) is 8.02. The minimum Gasteiger partial charge on any atom is -0.338 e. The van der Waals surface area contributed by atoms with E-state index in [-0.39, 0.29) is 5.91 Å². The lowest BCUT2D eigenvalue weighted by Gasteiger charge is -2.35. The summed E-state index contributed by atoms with van der Waals surface area (Å²) < 4.78 is 1.65. The Morgan fingerprint density at radius 2 is 2.29 bits per heavy atom. The predicted octanol–water partition coefficient (Wildman–Crippen LogP) is 1.57. The van der Waals surface area contributed by atoms with Gasteiger partial charge >= 0.3 is 0 Å². The van der Waals surface area contributed by atoms with Crippen LogP contribution >= 0.6 is 0 Å². The zero-order chi connectivity index (χ0) is 15.2. The second-order valence-corrected chi connectivity index (χ2v) is 6.09. The third kappa shape index (κ3) is 4.52. The molecule has 2 heterocycles. The highest BCUT2D eigenvalue weighted by atomic mass is 16.2. The minimum atomic E-state index is 0.162. The van der Waals surface area contributed by atoms with Crippen LogP contribution in [0.1, 0.15) is 52.1 Å². The van der Waals surface area contributed by atoms with Crippen LogP contribution < -0.4 is 5.32 Å². The second kappa shape index (κ2) is 7.54. The maximum Gasteiger partial charge on any atom is 0.244 e. The van der Waals surface area contributed by atoms with Crippen LogP contribution in [0.3, 0.4) is 0 Å². The van der Waals surface area contributed by atoms with Crippen molar-refractivity contribution in [3.63, 3.8) is 0 Å². The van der Waals surface area contributed by atoms with E-state index in [0.717, 1.165) is 31.5 Å². The number of amides is 1. The Kier molecular flexibility index (Phi) is 5.73. The first kappa shape index (κ1) is 15.9. The molecule has 0 aliphatic carbocycles. The highest BCUT2D eigenvalue weighted by molar-refractivity contribution is 5.76. The Morgan fingerprint density at radius 1 is 1.48 bits per heavy atom. The summed E-state index contributed by atoms with van der Waals surface area (Å²) in [6.07, 6.45) is 6.37. The molecule has 21 heavy (non-hydrogen) atoms. The van der Waals surface area contributed by atoms with Gasteiger partial charge in [-0.2, -0.15) is 0 Å². The number of likely N-dealkylation sites (tertiary alicyclic amines) is 1. The van der Waals surface area contributed by atoms with Crippen LogP contribution in [-0.4, -0.2) is 44.4 Å². The molecular weight excluding hydrogens is 266 g/mol. The number of nitrogens with zero attached hydrogens (tertiary/aromatic N) is 4. The molecule has 1 aromatic heterocycles. The molecule has 1 saturated heterocycles. The third-order valence-corrected chi connectivity index (χ3v) is 3.99. The van der Waals surface area contributed by atoms with E-state index in [1.165, 1.54) is 6.42 Å². The van der Waals surface area contributed by atoms with E-state index < -0.39 is 0 Å². The van der Waals surface area contributed by atoms with E-state index in [1.54, 1.807) is 4.68 Å². The number of hydrogen-bond acceptors (Lipinski definition) is 4. The van der Waals surface area contributed by atoms with Crippen molar-refractivity contribution in [1.29, 1.82) is 0 Å². The maximum atomic E-state index is 12.4. The van der Waals surface area contributed by atoms with Crippen molar-refractivity contribution in [2.45, 2.75) is 71.6 Å². The fraction of sp³-hybridized carbons (Fsp3) is 0.800. The fourth-order valence-electron chi connectivity index (χ4n) is 2.79. The third-order valence-electron chi connectivity index (χ3n) is 3.99. The summed E-state index contributed by atoms with van der Waals surface area (Å²) in [5, 5.41) is 11.5. The molecular formula is C15H27N5O. The molecule has 1 N–H and O–H groups in total. The smallest absolute Gasteiger partial charge is 0.244 e. The topological polar surface area (TPSA) is 63.1 Å². The van der Waals surface area contributed by atoms with Gasteiger partial charge in [-0.05, 0) is 25.7 Å². The molecule has 1 aliphatic heterocycles. The number of carbonyl (C=O) groups is 1. The Hall–Kier alpha value is -1.43. The molecule has 0 saturated carbocycles. The van der Waals surface area contributed by atoms with Gasteiger partial charge in [0, 0.05) is 25.2 Å². The van der Waals surface area contributed by atoms with Gasteiger partial charge in [-0.15, -0.1) is 5.10 Å². The summed E-state index contributed by atoms with van der Waals surface area (Å²) in [4.78, 5) is 14.5. The highest BCUT2D eigenvalue weighted by Crippen LogP contribution is 2.19. The SMILES string of the molecule is CCC1CCCCN1C(=O)Cn1cc(CNC(C)C)nn1. The van der Waals surface area contributed by atoms with Crippen molar-refractivity contribution in [2.75, 3.05) is 6.54 Å². The van der Waals surface area contributed by atoms with Gasteiger partial charge in [-0.1, -0.05) is 26.0 Å². The van der Waals surface area contributed by atoms with Gasteiger partial charge in [0.05, 0.1) is 11.9 Å². The van der Waals surface area contributed by atoms with E-state index in [1.807, 2.05) is 11.1 Å². The molecule has 1 aromatic rings. The molecule has 0 spiro atoms. The van der Waals surface area contributed by atoms with Crippen molar-refractivity contribution in [1.82, 2.24) is 25.2 Å². The average Bonchev–Trinajstić information content (AvgIpc) is 2.92. The van der Waals surface area contributed by atoms with E-state index in [0.29, 0.717) is 25.2 Å². The minimum absolute atomic E-state index is 0.162. The van der Waals surface area contributed by atoms with Gasteiger partial charge in [0.2, 0.25) is 5.91 Å². The molecule has 6 heteroatoms. The first-order valence-corrected chi connectivity index (χ1v) is 8.02. The standard InChI is InChI=1S/C15H27N5O/c1-4-14-7-5-6-8-20(14)15(21)11-19-10-13(17-18-19)9-16-12(2)3/h10,12,14,16H,4-9,11H2,1-3H3. The molecule has 0 aromatic carbocycles. The van der Waals surface area contributed by atoms with Crippen LogP contribution in [-0.2, 0) is 17.9 Å². The number of nitrogens with one attached hydrogen (secondary N) is 1. The molecule has 0 radical (unpaired) electrons. The second-order valence-electron chi connectivity index (χ2n) is 6.09. The van der Waals surface area contributed by atoms with Crippen LogP contribution in [0.4, 0.5) is 0 Å². The van der Waals surface area contributed by atoms with Crippen molar-refractivity contribution in [3.05, 3.63) is 11.9 Å². The lowest BCUT2D eigenvalue weighted by Crippen LogP contribution is -2.44. The molecule has 1 atom stereocenters. The zero-order valence-corrected chi connectivity index (χ0v) is 13.4. The highest BCUT2D eigenvalue weighted by Gasteiger charge is 2.25. The van der Waals surface area contributed by atoms with Crippen LogP contribution in [0, 0.1) is 0 Å². The Labute approximate surface area is 126 Å². The van der Waals surface area contributed by atoms with Crippen molar-refractivity contribution < 1.29 is 4.79 Å². The number of piperidine rings is 1. The van der Waals surface area contributed by atoms with Gasteiger partial charge in [0.25, 0.3) is 0 Å². The zero-order valence-electron chi connectivity index (χ0n) is 13.4. The van der Waals surface area contributed by atoms with Gasteiger partial charge < -0.3 is 10.2 Å². The van der Waals surface area contributed by atoms with Crippen LogP contribution in [0.25, 0.3) is 0 Å². The molecule has 6 nitrogen and oxygen atoms in total. The number of carbonyl (C=O) groups excluding carboxylic acids is 1. The van der Waals surface area contributed by atoms with Crippen LogP contribution in [0.2, 0.25) is 0 Å². The lowest BCUT2D eigenvalue weighted by molar-refractivity contribution is -0.135. The summed E-state index contributed by atoms with van der Waals surface area (Å²) in [5.74, 6) is 0.162. The van der Waals surface area contributed by atoms with E-state index in [4.69, 9.17) is 0 Å². The first-order chi connectivity index (χ1) is 10.1. The van der Waals surface area contributed by atoms with Gasteiger partial charge in [0.1, 0.15) is 6.54 Å². The molecule has 2 rings (SSSR count). The number of aromatic nitrogens is 3. The molecule has 1 unspecified atom stereocenters. The Balaban J connectivity index is 1.90. The predicted molar refractivity (Wildman–Crippen MR) is 81.6 cm³/mol. The molecule has 1 amide bonds. The van der Waals surface area contributed by atoms with Gasteiger partial charge in [-0.3, -0.25) is 4.79 Å². The van der Waals surface area contributed by atoms with E-state index in [2.05, 4.69) is 36.4 Å². The van der Waals surface area contributed by atoms with E-state index >= 15 is 0 Å². The molecule has 1 fully saturated rings. The normalized spacial score (nSPS) is 19.2. The Morgan fingerprint density at radius 3 is 3.00 bits per heavy atom. The van der Waals surface area contributed by atoms with Gasteiger partial charge in [0.15, 0.2) is 0 Å². The number of hydrogen-bond donors (Lipinski definition) is 1. The summed E-state index contributed by atoms with van der Waals surface area (Å²) in [7, 11) is 0. The monoisotopic (exact) mass is 293 g/mol. The quantitative estimate of drug-likeness (QED) is 0.864. The molecule has 1 aliphatic rings. The summed E-state index contributed by atoms with van der Waals surface area (Å²) in [6, 6.07) is 0.812. The van der Waals surface area contributed by atoms with Crippen molar-refractivity contribution >= 4 is 5.91 Å². The average molecular weight is 293 g/mol. The maximum absolute atomic E-state index is 12.4. The molecule has 0 bridgehead atoms. The summed E-state index contributed by atoms with van der Waals surface area (Å²) in [5.41, 5.74) is 0.877. The fourth-order valence-corrected chi connectivity index (χ4v) is 2.79. The Bertz CT molecular complexity index is 457. The molecule has 118 valence electrons. The lowest BCUT2D eigenvalue weighted by atomic mass is 10.00. The van der Waals surface area contributed by atoms with Gasteiger partial charge in [-0.25, -0.2) is 4.68 Å². The van der Waals surface area contributed by atoms with Crippen molar-refractivity contribution in [3.8, 4) is 0 Å². The summed E-state index contributed by atoms with van der Waals surface area (Å²) >= 11 is 0. The van der Waals surface area contributed by atoms with E-state index in [9.17, 15) is 4.79 Å². The van der Waals surface area contributed by atoms with Crippen LogP contribution in [0.5, 0.6) is 0 Å². The summed E-state index contributed by atoms with van der Waals surface area (Å²) in [6.45, 7) is 8.21. The van der Waals surface area contributed by atoms with Crippen molar-refractivity contribution in [2.24, 2.45) is 0 Å². The largest absolute Gasteiger partial charge is 0.338 e. The van der Waals surface area contributed by atoms with Crippen LogP contribution in [0.15, 0.2) is 6.20 Å². The number of rotatable bonds is 6.